The second-order valence-electron chi connectivity index (χ2n) is 8.55. The maximum absolute atomic E-state index is 12.8. The number of hydrogen-bond donors (Lipinski definition) is 2. The van der Waals surface area contributed by atoms with Gasteiger partial charge in [0.25, 0.3) is 5.91 Å². The number of aromatic nitrogens is 3. The number of aliphatic hydroxyl groups excluding tert-OH is 1. The van der Waals surface area contributed by atoms with Crippen molar-refractivity contribution in [1.29, 1.82) is 0 Å². The number of nitrogens with zero attached hydrogens (tertiary/aromatic N) is 4. The summed E-state index contributed by atoms with van der Waals surface area (Å²) in [6.07, 6.45) is 3.63. The minimum absolute atomic E-state index is 0.0392. The Hall–Kier alpha value is -2.93. The van der Waals surface area contributed by atoms with E-state index in [1.165, 1.54) is 5.56 Å². The molecule has 3 aromatic rings. The molecule has 2 N–H and O–H groups in total. The molecule has 152 valence electrons. The molecule has 0 radical (unpaired) electrons. The number of benzene rings is 1. The lowest BCUT2D eigenvalue weighted by Crippen LogP contribution is -2.33. The van der Waals surface area contributed by atoms with Crippen molar-refractivity contribution in [2.75, 3.05) is 23.4 Å². The zero-order chi connectivity index (χ0) is 20.6. The molecule has 1 aromatic carbocycles. The van der Waals surface area contributed by atoms with Gasteiger partial charge in [-0.25, -0.2) is 4.98 Å². The van der Waals surface area contributed by atoms with E-state index < -0.39 is 0 Å². The fourth-order valence-electron chi connectivity index (χ4n) is 3.80. The molecule has 7 heteroatoms. The third-order valence-electron chi connectivity index (χ3n) is 5.48. The van der Waals surface area contributed by atoms with E-state index >= 15 is 0 Å². The smallest absolute Gasteiger partial charge is 0.256 e. The Morgan fingerprint density at radius 1 is 1.24 bits per heavy atom. The van der Waals surface area contributed by atoms with Gasteiger partial charge >= 0.3 is 0 Å². The first-order chi connectivity index (χ1) is 13.9. The molecular formula is C22H27N5O2. The number of hydrogen-bond acceptors (Lipinski definition) is 5. The van der Waals surface area contributed by atoms with Gasteiger partial charge in [-0.05, 0) is 36.0 Å². The molecule has 1 atom stereocenters. The maximum Gasteiger partial charge on any atom is 0.256 e. The molecule has 0 saturated carbocycles. The number of amides is 1. The summed E-state index contributed by atoms with van der Waals surface area (Å²) in [6, 6.07) is 11.4. The molecule has 4 rings (SSSR count). The van der Waals surface area contributed by atoms with Gasteiger partial charge in [-0.2, -0.15) is 9.61 Å². The lowest BCUT2D eigenvalue weighted by molar-refractivity contribution is 0.102. The summed E-state index contributed by atoms with van der Waals surface area (Å²) in [5.41, 5.74) is 2.46. The first-order valence-electron chi connectivity index (χ1n) is 10.0. The van der Waals surface area contributed by atoms with Gasteiger partial charge in [0.1, 0.15) is 11.6 Å². The van der Waals surface area contributed by atoms with Crippen LogP contribution in [0, 0.1) is 0 Å². The third-order valence-corrected chi connectivity index (χ3v) is 5.48. The molecule has 2 aromatic heterocycles. The predicted molar refractivity (Wildman–Crippen MR) is 114 cm³/mol. The zero-order valence-corrected chi connectivity index (χ0v) is 17.1. The van der Waals surface area contributed by atoms with Gasteiger partial charge in [0.2, 0.25) is 0 Å². The fourth-order valence-corrected chi connectivity index (χ4v) is 3.80. The molecule has 0 aliphatic carbocycles. The van der Waals surface area contributed by atoms with Crippen LogP contribution >= 0.6 is 0 Å². The van der Waals surface area contributed by atoms with Crippen LogP contribution in [0.25, 0.3) is 5.65 Å². The summed E-state index contributed by atoms with van der Waals surface area (Å²) < 4.78 is 1.75. The summed E-state index contributed by atoms with van der Waals surface area (Å²) in [4.78, 5) is 19.4. The first kappa shape index (κ1) is 19.4. The zero-order valence-electron chi connectivity index (χ0n) is 17.1. The highest BCUT2D eigenvalue weighted by Gasteiger charge is 2.27. The molecule has 1 amide bonds. The van der Waals surface area contributed by atoms with Crippen molar-refractivity contribution in [3.63, 3.8) is 0 Å². The molecule has 1 unspecified atom stereocenters. The highest BCUT2D eigenvalue weighted by atomic mass is 16.3. The predicted octanol–water partition coefficient (Wildman–Crippen LogP) is 3.24. The van der Waals surface area contributed by atoms with Crippen molar-refractivity contribution in [3.8, 4) is 0 Å². The second kappa shape index (κ2) is 7.48. The summed E-state index contributed by atoms with van der Waals surface area (Å²) >= 11 is 0. The minimum atomic E-state index is -0.201. The third kappa shape index (κ3) is 3.82. The topological polar surface area (TPSA) is 82.8 Å². The van der Waals surface area contributed by atoms with Crippen molar-refractivity contribution in [3.05, 3.63) is 53.7 Å². The molecule has 1 saturated heterocycles. The number of aliphatic hydroxyl groups is 1. The number of rotatable bonds is 4. The number of carbonyl (C=O) groups excluding carboxylic acids is 1. The van der Waals surface area contributed by atoms with Crippen molar-refractivity contribution in [2.45, 2.75) is 45.1 Å². The van der Waals surface area contributed by atoms with Crippen LogP contribution in [0.4, 0.5) is 11.6 Å². The molecule has 1 aliphatic heterocycles. The summed E-state index contributed by atoms with van der Waals surface area (Å²) in [6.45, 7) is 7.36. The first-order valence-corrected chi connectivity index (χ1v) is 10.0. The van der Waals surface area contributed by atoms with Crippen LogP contribution in [0.1, 0.15) is 49.5 Å². The highest BCUT2D eigenvalue weighted by molar-refractivity contribution is 6.04. The van der Waals surface area contributed by atoms with E-state index in [9.17, 15) is 9.90 Å². The molecule has 1 fully saturated rings. The Morgan fingerprint density at radius 3 is 2.69 bits per heavy atom. The largest absolute Gasteiger partial charge is 0.394 e. The van der Waals surface area contributed by atoms with Crippen LogP contribution in [0.5, 0.6) is 0 Å². The molecule has 0 bridgehead atoms. The van der Waals surface area contributed by atoms with Crippen molar-refractivity contribution in [1.82, 2.24) is 14.6 Å². The molecule has 1 aliphatic rings. The molecule has 3 heterocycles. The Morgan fingerprint density at radius 2 is 2.00 bits per heavy atom. The second-order valence-corrected chi connectivity index (χ2v) is 8.55. The Kier molecular flexibility index (Phi) is 5.00. The van der Waals surface area contributed by atoms with Crippen LogP contribution < -0.4 is 10.2 Å². The van der Waals surface area contributed by atoms with Crippen molar-refractivity contribution < 1.29 is 9.90 Å². The van der Waals surface area contributed by atoms with Gasteiger partial charge in [0.15, 0.2) is 5.65 Å². The number of carbonyl (C=O) groups is 1. The Labute approximate surface area is 170 Å². The van der Waals surface area contributed by atoms with Crippen LogP contribution in [0.3, 0.4) is 0 Å². The van der Waals surface area contributed by atoms with E-state index in [2.05, 4.69) is 41.1 Å². The monoisotopic (exact) mass is 393 g/mol. The average molecular weight is 393 g/mol. The highest BCUT2D eigenvalue weighted by Crippen LogP contribution is 2.28. The van der Waals surface area contributed by atoms with E-state index in [0.717, 1.165) is 25.2 Å². The van der Waals surface area contributed by atoms with Crippen LogP contribution in [0.2, 0.25) is 0 Å². The summed E-state index contributed by atoms with van der Waals surface area (Å²) in [5.74, 6) is 1.10. The fraction of sp³-hybridized carbons (Fsp3) is 0.409. The molecule has 7 nitrogen and oxygen atoms in total. The summed E-state index contributed by atoms with van der Waals surface area (Å²) in [7, 11) is 0. The van der Waals surface area contributed by atoms with Crippen LogP contribution in [0.15, 0.2) is 42.6 Å². The van der Waals surface area contributed by atoms with Crippen molar-refractivity contribution >= 4 is 23.2 Å². The van der Waals surface area contributed by atoms with Gasteiger partial charge in [0, 0.05) is 24.2 Å². The van der Waals surface area contributed by atoms with Gasteiger partial charge < -0.3 is 15.3 Å². The van der Waals surface area contributed by atoms with E-state index in [4.69, 9.17) is 0 Å². The van der Waals surface area contributed by atoms with Crippen LogP contribution in [-0.4, -0.2) is 44.8 Å². The lowest BCUT2D eigenvalue weighted by atomic mass is 9.87. The number of anilines is 2. The quantitative estimate of drug-likeness (QED) is 0.711. The van der Waals surface area contributed by atoms with Gasteiger partial charge in [0.05, 0.1) is 18.8 Å². The van der Waals surface area contributed by atoms with E-state index in [-0.39, 0.29) is 24.0 Å². The maximum atomic E-state index is 12.8. The van der Waals surface area contributed by atoms with E-state index in [1.54, 1.807) is 16.8 Å². The molecule has 29 heavy (non-hydrogen) atoms. The number of fused-ring (bicyclic) bond motifs is 1. The van der Waals surface area contributed by atoms with Crippen molar-refractivity contribution in [2.24, 2.45) is 0 Å². The SMILES string of the molecule is CC(C)(C)c1ccc(C(=O)Nc2cc(N3CCCC3CO)n3nccc3n2)cc1. The van der Waals surface area contributed by atoms with Crippen LogP contribution in [-0.2, 0) is 5.41 Å². The Balaban J connectivity index is 1.62. The standard InChI is InChI=1S/C22H27N5O2/c1-22(2,3)16-8-6-15(7-9-16)21(29)25-18-13-20(26-12-4-5-17(26)14-28)27-19(24-18)10-11-23-27/h6-11,13,17,28H,4-5,12,14H2,1-3H3,(H,24,25,29). The normalized spacial score (nSPS) is 17.1. The van der Waals surface area contributed by atoms with Gasteiger partial charge in [-0.1, -0.05) is 32.9 Å². The summed E-state index contributed by atoms with van der Waals surface area (Å²) in [5, 5.41) is 17.0. The average Bonchev–Trinajstić information content (AvgIpc) is 3.35. The van der Waals surface area contributed by atoms with E-state index in [0.29, 0.717) is 17.0 Å². The molecular weight excluding hydrogens is 366 g/mol. The Bertz CT molecular complexity index is 1020. The van der Waals surface area contributed by atoms with Gasteiger partial charge in [-0.15, -0.1) is 0 Å². The van der Waals surface area contributed by atoms with Gasteiger partial charge in [-0.3, -0.25) is 4.79 Å². The minimum Gasteiger partial charge on any atom is -0.394 e. The molecule has 0 spiro atoms. The van der Waals surface area contributed by atoms with E-state index in [1.807, 2.05) is 30.3 Å². The number of nitrogens with one attached hydrogen (secondary N) is 1. The lowest BCUT2D eigenvalue weighted by Gasteiger charge is -2.26.